The molecular formula is C14H17IN2O3. The number of carboxylic acids is 1. The Hall–Kier alpha value is -1.15. The van der Waals surface area contributed by atoms with Crippen molar-refractivity contribution in [2.24, 2.45) is 5.41 Å². The summed E-state index contributed by atoms with van der Waals surface area (Å²) >= 11 is 2.19. The number of hydrogen-bond donors (Lipinski definition) is 2. The molecule has 5 nitrogen and oxygen atoms in total. The topological polar surface area (TPSA) is 69.6 Å². The second kappa shape index (κ2) is 6.09. The monoisotopic (exact) mass is 388 g/mol. The molecule has 20 heavy (non-hydrogen) atoms. The van der Waals surface area contributed by atoms with E-state index in [9.17, 15) is 9.59 Å². The summed E-state index contributed by atoms with van der Waals surface area (Å²) in [6, 6.07) is 7.57. The number of anilines is 1. The number of amides is 1. The van der Waals surface area contributed by atoms with Crippen molar-refractivity contribution in [3.05, 3.63) is 27.8 Å². The number of halogens is 1. The van der Waals surface area contributed by atoms with Crippen LogP contribution in [0.2, 0.25) is 0 Å². The van der Waals surface area contributed by atoms with Gasteiger partial charge in [-0.2, -0.15) is 0 Å². The van der Waals surface area contributed by atoms with Crippen LogP contribution in [0.5, 0.6) is 0 Å². The van der Waals surface area contributed by atoms with Crippen molar-refractivity contribution in [2.75, 3.05) is 25.0 Å². The van der Waals surface area contributed by atoms with Gasteiger partial charge in [0.15, 0.2) is 0 Å². The number of nitrogens with zero attached hydrogens (tertiary/aromatic N) is 1. The summed E-state index contributed by atoms with van der Waals surface area (Å²) in [6.07, 6.45) is 0.582. The van der Waals surface area contributed by atoms with Crippen molar-refractivity contribution < 1.29 is 14.7 Å². The van der Waals surface area contributed by atoms with Gasteiger partial charge in [0, 0.05) is 15.8 Å². The number of likely N-dealkylation sites (tertiary alicyclic amines) is 1. The first-order valence-corrected chi connectivity index (χ1v) is 7.48. The molecule has 1 amide bonds. The molecule has 1 saturated heterocycles. The van der Waals surface area contributed by atoms with Gasteiger partial charge in [-0.05, 0) is 60.7 Å². The number of carbonyl (C=O) groups excluding carboxylic acids is 1. The van der Waals surface area contributed by atoms with E-state index in [1.54, 1.807) is 6.92 Å². The first kappa shape index (κ1) is 15.2. The SMILES string of the molecule is CC1(C(=O)O)CCN(CC(=O)Nc2cccc(I)c2)C1. The Kier molecular flexibility index (Phi) is 4.64. The Bertz CT molecular complexity index is 535. The molecule has 1 unspecified atom stereocenters. The molecule has 1 aromatic rings. The van der Waals surface area contributed by atoms with Gasteiger partial charge in [0.05, 0.1) is 12.0 Å². The highest BCUT2D eigenvalue weighted by molar-refractivity contribution is 14.1. The lowest BCUT2D eigenvalue weighted by atomic mass is 9.90. The van der Waals surface area contributed by atoms with E-state index in [1.165, 1.54) is 0 Å². The summed E-state index contributed by atoms with van der Waals surface area (Å²) in [5, 5.41) is 12.0. The molecule has 1 fully saturated rings. The number of carbonyl (C=O) groups is 2. The van der Waals surface area contributed by atoms with Gasteiger partial charge in [-0.25, -0.2) is 0 Å². The molecule has 1 aromatic carbocycles. The number of benzene rings is 1. The second-order valence-electron chi connectivity index (χ2n) is 5.38. The minimum absolute atomic E-state index is 0.110. The summed E-state index contributed by atoms with van der Waals surface area (Å²) in [5.74, 6) is -0.903. The van der Waals surface area contributed by atoms with E-state index in [0.29, 0.717) is 19.5 Å². The van der Waals surface area contributed by atoms with Crippen LogP contribution in [0, 0.1) is 8.99 Å². The zero-order chi connectivity index (χ0) is 14.8. The Morgan fingerprint density at radius 3 is 2.85 bits per heavy atom. The van der Waals surface area contributed by atoms with Gasteiger partial charge in [0.2, 0.25) is 5.91 Å². The average Bonchev–Trinajstić information content (AvgIpc) is 2.72. The summed E-state index contributed by atoms with van der Waals surface area (Å²) in [7, 11) is 0. The maximum absolute atomic E-state index is 12.0. The standard InChI is InChI=1S/C14H17IN2O3/c1-14(13(19)20)5-6-17(9-14)8-12(18)16-11-4-2-3-10(15)7-11/h2-4,7H,5-6,8-9H2,1H3,(H,16,18)(H,19,20). The molecule has 1 aliphatic rings. The van der Waals surface area contributed by atoms with Gasteiger partial charge in [0.25, 0.3) is 0 Å². The summed E-state index contributed by atoms with van der Waals surface area (Å²) in [4.78, 5) is 25.0. The van der Waals surface area contributed by atoms with Crippen LogP contribution in [0.25, 0.3) is 0 Å². The fraction of sp³-hybridized carbons (Fsp3) is 0.429. The molecule has 2 rings (SSSR count). The molecule has 1 atom stereocenters. The fourth-order valence-corrected chi connectivity index (χ4v) is 2.88. The predicted octanol–water partition coefficient (Wildman–Crippen LogP) is 2.03. The molecule has 1 aliphatic heterocycles. The van der Waals surface area contributed by atoms with Crippen molar-refractivity contribution in [3.8, 4) is 0 Å². The van der Waals surface area contributed by atoms with E-state index in [2.05, 4.69) is 27.9 Å². The minimum Gasteiger partial charge on any atom is -0.481 e. The molecule has 0 radical (unpaired) electrons. The van der Waals surface area contributed by atoms with E-state index in [1.807, 2.05) is 29.2 Å². The molecule has 108 valence electrons. The molecule has 1 heterocycles. The Labute approximate surface area is 131 Å². The zero-order valence-corrected chi connectivity index (χ0v) is 13.4. The largest absolute Gasteiger partial charge is 0.481 e. The van der Waals surface area contributed by atoms with Crippen LogP contribution in [0.1, 0.15) is 13.3 Å². The van der Waals surface area contributed by atoms with Crippen LogP contribution in [-0.4, -0.2) is 41.5 Å². The van der Waals surface area contributed by atoms with E-state index in [-0.39, 0.29) is 12.5 Å². The highest BCUT2D eigenvalue weighted by Gasteiger charge is 2.40. The second-order valence-corrected chi connectivity index (χ2v) is 6.63. The summed E-state index contributed by atoms with van der Waals surface area (Å²) in [6.45, 7) is 3.02. The Morgan fingerprint density at radius 1 is 1.50 bits per heavy atom. The number of hydrogen-bond acceptors (Lipinski definition) is 3. The highest BCUT2D eigenvalue weighted by atomic mass is 127. The lowest BCUT2D eigenvalue weighted by molar-refractivity contribution is -0.147. The molecular weight excluding hydrogens is 371 g/mol. The van der Waals surface area contributed by atoms with Gasteiger partial charge in [-0.15, -0.1) is 0 Å². The van der Waals surface area contributed by atoms with Crippen LogP contribution < -0.4 is 5.32 Å². The van der Waals surface area contributed by atoms with Gasteiger partial charge < -0.3 is 10.4 Å². The predicted molar refractivity (Wildman–Crippen MR) is 84.6 cm³/mol. The van der Waals surface area contributed by atoms with E-state index >= 15 is 0 Å². The lowest BCUT2D eigenvalue weighted by Crippen LogP contribution is -2.35. The number of nitrogens with one attached hydrogen (secondary N) is 1. The molecule has 0 aliphatic carbocycles. The van der Waals surface area contributed by atoms with Gasteiger partial charge in [-0.1, -0.05) is 6.07 Å². The third-order valence-corrected chi connectivity index (χ3v) is 4.22. The maximum Gasteiger partial charge on any atom is 0.310 e. The van der Waals surface area contributed by atoms with Crippen molar-refractivity contribution >= 4 is 40.2 Å². The van der Waals surface area contributed by atoms with Crippen LogP contribution in [0.15, 0.2) is 24.3 Å². The number of rotatable bonds is 4. The summed E-state index contributed by atoms with van der Waals surface area (Å²) < 4.78 is 1.06. The van der Waals surface area contributed by atoms with Crippen LogP contribution in [0.4, 0.5) is 5.69 Å². The van der Waals surface area contributed by atoms with Crippen molar-refractivity contribution in [2.45, 2.75) is 13.3 Å². The third-order valence-electron chi connectivity index (χ3n) is 3.54. The lowest BCUT2D eigenvalue weighted by Gasteiger charge is -2.19. The Morgan fingerprint density at radius 2 is 2.25 bits per heavy atom. The average molecular weight is 388 g/mol. The molecule has 6 heteroatoms. The first-order chi connectivity index (χ1) is 9.39. The Balaban J connectivity index is 1.89. The smallest absolute Gasteiger partial charge is 0.310 e. The van der Waals surface area contributed by atoms with Crippen molar-refractivity contribution in [1.29, 1.82) is 0 Å². The van der Waals surface area contributed by atoms with E-state index in [0.717, 1.165) is 9.26 Å². The van der Waals surface area contributed by atoms with Gasteiger partial charge >= 0.3 is 5.97 Å². The van der Waals surface area contributed by atoms with Crippen LogP contribution >= 0.6 is 22.6 Å². The molecule has 0 spiro atoms. The molecule has 2 N–H and O–H groups in total. The van der Waals surface area contributed by atoms with Crippen molar-refractivity contribution in [3.63, 3.8) is 0 Å². The first-order valence-electron chi connectivity index (χ1n) is 6.40. The van der Waals surface area contributed by atoms with Crippen LogP contribution in [-0.2, 0) is 9.59 Å². The number of aliphatic carboxylic acids is 1. The molecule has 0 bridgehead atoms. The minimum atomic E-state index is -0.793. The maximum atomic E-state index is 12.0. The van der Waals surface area contributed by atoms with Gasteiger partial charge in [-0.3, -0.25) is 14.5 Å². The van der Waals surface area contributed by atoms with E-state index in [4.69, 9.17) is 5.11 Å². The van der Waals surface area contributed by atoms with Crippen LogP contribution in [0.3, 0.4) is 0 Å². The third kappa shape index (κ3) is 3.69. The van der Waals surface area contributed by atoms with E-state index < -0.39 is 11.4 Å². The molecule has 0 saturated carbocycles. The normalized spacial score (nSPS) is 22.7. The molecule has 0 aromatic heterocycles. The number of carboxylic acid groups (broad SMARTS) is 1. The highest BCUT2D eigenvalue weighted by Crippen LogP contribution is 2.29. The summed E-state index contributed by atoms with van der Waals surface area (Å²) in [5.41, 5.74) is 0.0321. The fourth-order valence-electron chi connectivity index (χ4n) is 2.34. The van der Waals surface area contributed by atoms with Gasteiger partial charge in [0.1, 0.15) is 0 Å². The van der Waals surface area contributed by atoms with Crippen molar-refractivity contribution in [1.82, 2.24) is 4.90 Å². The zero-order valence-electron chi connectivity index (χ0n) is 11.2. The quantitative estimate of drug-likeness (QED) is 0.775.